The molecule has 0 radical (unpaired) electrons. The van der Waals surface area contributed by atoms with Crippen LogP contribution in [0.1, 0.15) is 15.9 Å². The molecule has 1 fully saturated rings. The number of allylic oxidation sites excluding steroid dienone is 1. The Morgan fingerprint density at radius 1 is 1.00 bits per heavy atom. The fourth-order valence-corrected chi connectivity index (χ4v) is 2.87. The third-order valence-electron chi connectivity index (χ3n) is 4.22. The molecule has 3 rings (SSSR count). The minimum atomic E-state index is -0.737. The first-order valence-electron chi connectivity index (χ1n) is 8.26. The molecule has 1 aliphatic heterocycles. The molecule has 2 aromatic rings. The number of hydrogen-bond acceptors (Lipinski definition) is 8. The number of hydrogen-bond donors (Lipinski definition) is 2. The maximum absolute atomic E-state index is 13.2. The summed E-state index contributed by atoms with van der Waals surface area (Å²) < 4.78 is 5.08. The van der Waals surface area contributed by atoms with Crippen LogP contribution in [0.15, 0.2) is 48.3 Å². The number of carbonyl (C=O) groups excluding carboxylic acids is 1. The van der Waals surface area contributed by atoms with Crippen molar-refractivity contribution in [1.29, 1.82) is 0 Å². The topological polar surface area (TPSA) is 137 Å². The Kier molecular flexibility index (Phi) is 5.21. The van der Waals surface area contributed by atoms with Gasteiger partial charge in [0.25, 0.3) is 11.4 Å². The molecule has 2 N–H and O–H groups in total. The molecule has 0 atom stereocenters. The number of nitrogens with one attached hydrogen (secondary N) is 2. The highest BCUT2D eigenvalue weighted by molar-refractivity contribution is 6.30. The van der Waals surface area contributed by atoms with E-state index in [0.717, 1.165) is 12.1 Å². The lowest BCUT2D eigenvalue weighted by Crippen LogP contribution is -2.18. The summed E-state index contributed by atoms with van der Waals surface area (Å²) in [6, 6.07) is 9.53. The van der Waals surface area contributed by atoms with Crippen LogP contribution in [0.5, 0.6) is 5.75 Å². The molecule has 0 amide bonds. The molecular weight excluding hydrogens is 368 g/mol. The number of ether oxygens (including phenoxy) is 1. The number of nitro groups is 2. The lowest BCUT2D eigenvalue weighted by molar-refractivity contribution is -0.394. The summed E-state index contributed by atoms with van der Waals surface area (Å²) in [6.45, 7) is 1.07. The molecule has 1 heterocycles. The summed E-state index contributed by atoms with van der Waals surface area (Å²) in [7, 11) is 1.50. The van der Waals surface area contributed by atoms with Gasteiger partial charge in [-0.15, -0.1) is 0 Å². The molecule has 0 bridgehead atoms. The molecule has 0 aliphatic carbocycles. The normalized spacial score (nSPS) is 12.7. The molecule has 0 aromatic heterocycles. The Morgan fingerprint density at radius 2 is 1.64 bits per heavy atom. The lowest BCUT2D eigenvalue weighted by Gasteiger charge is -2.12. The van der Waals surface area contributed by atoms with Gasteiger partial charge in [-0.1, -0.05) is 0 Å². The fourth-order valence-electron chi connectivity index (χ4n) is 2.87. The Bertz CT molecular complexity index is 976. The van der Waals surface area contributed by atoms with Crippen molar-refractivity contribution in [2.45, 2.75) is 0 Å². The van der Waals surface area contributed by atoms with Crippen molar-refractivity contribution in [3.8, 4) is 5.75 Å². The van der Waals surface area contributed by atoms with Crippen molar-refractivity contribution in [1.82, 2.24) is 10.6 Å². The summed E-state index contributed by atoms with van der Waals surface area (Å²) in [5, 5.41) is 28.5. The van der Waals surface area contributed by atoms with Gasteiger partial charge >= 0.3 is 0 Å². The largest absolute Gasteiger partial charge is 0.497 e. The van der Waals surface area contributed by atoms with Crippen LogP contribution in [0.3, 0.4) is 0 Å². The van der Waals surface area contributed by atoms with Crippen molar-refractivity contribution >= 4 is 22.7 Å². The molecule has 0 unspecified atom stereocenters. The second kappa shape index (κ2) is 7.74. The highest BCUT2D eigenvalue weighted by atomic mass is 16.6. The van der Waals surface area contributed by atoms with Gasteiger partial charge < -0.3 is 15.4 Å². The van der Waals surface area contributed by atoms with E-state index in [4.69, 9.17) is 4.74 Å². The maximum atomic E-state index is 13.2. The van der Waals surface area contributed by atoms with Crippen LogP contribution < -0.4 is 15.4 Å². The van der Waals surface area contributed by atoms with E-state index < -0.39 is 27.0 Å². The summed E-state index contributed by atoms with van der Waals surface area (Å²) in [4.78, 5) is 34.3. The van der Waals surface area contributed by atoms with E-state index in [-0.39, 0.29) is 11.1 Å². The summed E-state index contributed by atoms with van der Waals surface area (Å²) in [5.74, 6) is 0.443. The van der Waals surface area contributed by atoms with Crippen LogP contribution in [0.2, 0.25) is 0 Å². The number of ketones is 1. The van der Waals surface area contributed by atoms with Crippen LogP contribution in [0.25, 0.3) is 5.57 Å². The average Bonchev–Trinajstić information content (AvgIpc) is 3.22. The van der Waals surface area contributed by atoms with Crippen molar-refractivity contribution in [2.75, 3.05) is 20.2 Å². The minimum Gasteiger partial charge on any atom is -0.497 e. The Balaban J connectivity index is 2.16. The summed E-state index contributed by atoms with van der Waals surface area (Å²) in [6.07, 6.45) is 0. The second-order valence-electron chi connectivity index (χ2n) is 5.88. The number of carbonyl (C=O) groups is 1. The molecule has 10 heteroatoms. The molecule has 1 saturated heterocycles. The van der Waals surface area contributed by atoms with E-state index in [1.807, 2.05) is 0 Å². The van der Waals surface area contributed by atoms with Crippen molar-refractivity contribution in [3.05, 3.63) is 79.6 Å². The smallest absolute Gasteiger partial charge is 0.284 e. The third-order valence-corrected chi connectivity index (χ3v) is 4.22. The zero-order valence-corrected chi connectivity index (χ0v) is 14.8. The number of nitro benzene ring substituents is 2. The van der Waals surface area contributed by atoms with Gasteiger partial charge in [0.1, 0.15) is 11.6 Å². The number of nitrogens with zero attached hydrogens (tertiary/aromatic N) is 2. The molecule has 2 aromatic carbocycles. The first-order chi connectivity index (χ1) is 13.4. The van der Waals surface area contributed by atoms with E-state index in [9.17, 15) is 25.0 Å². The zero-order valence-electron chi connectivity index (χ0n) is 14.8. The molecular formula is C18H16N4O6. The van der Waals surface area contributed by atoms with Gasteiger partial charge in [0.15, 0.2) is 5.78 Å². The molecule has 144 valence electrons. The Hall–Kier alpha value is -3.95. The van der Waals surface area contributed by atoms with Gasteiger partial charge in [-0.05, 0) is 30.3 Å². The number of rotatable bonds is 6. The quantitative estimate of drug-likeness (QED) is 0.335. The first-order valence-corrected chi connectivity index (χ1v) is 8.26. The number of non-ortho nitro benzene ring substituents is 1. The average molecular weight is 384 g/mol. The van der Waals surface area contributed by atoms with Crippen LogP contribution in [0.4, 0.5) is 11.4 Å². The van der Waals surface area contributed by atoms with E-state index in [0.29, 0.717) is 30.2 Å². The molecule has 0 saturated carbocycles. The Labute approximate surface area is 159 Å². The standard InChI is InChI=1S/C18H16N4O6/c1-28-13-5-2-11(3-6-13)17(23)16(18-19-8-9-20-18)14-7-4-12(21(24)25)10-15(14)22(26)27/h2-7,10,19-20H,8-9H2,1H3. The van der Waals surface area contributed by atoms with E-state index >= 15 is 0 Å². The summed E-state index contributed by atoms with van der Waals surface area (Å²) >= 11 is 0. The van der Waals surface area contributed by atoms with Gasteiger partial charge in [0.2, 0.25) is 0 Å². The van der Waals surface area contributed by atoms with Gasteiger partial charge in [0, 0.05) is 24.7 Å². The van der Waals surface area contributed by atoms with Gasteiger partial charge in [-0.2, -0.15) is 0 Å². The lowest BCUT2D eigenvalue weighted by atomic mass is 9.94. The van der Waals surface area contributed by atoms with Crippen LogP contribution >= 0.6 is 0 Å². The first kappa shape index (κ1) is 18.8. The maximum Gasteiger partial charge on any atom is 0.284 e. The summed E-state index contributed by atoms with van der Waals surface area (Å²) in [5.41, 5.74) is -0.609. The number of benzene rings is 2. The van der Waals surface area contributed by atoms with Gasteiger partial charge in [-0.25, -0.2) is 0 Å². The van der Waals surface area contributed by atoms with Gasteiger partial charge in [-0.3, -0.25) is 25.0 Å². The van der Waals surface area contributed by atoms with Crippen LogP contribution in [0, 0.1) is 20.2 Å². The third kappa shape index (κ3) is 3.61. The van der Waals surface area contributed by atoms with Gasteiger partial charge in [0.05, 0.1) is 34.2 Å². The SMILES string of the molecule is COc1ccc(C(=O)C(=C2NCCN2)c2ccc([N+](=O)[O-])cc2[N+](=O)[O-])cc1. The Morgan fingerprint density at radius 3 is 2.18 bits per heavy atom. The number of methoxy groups -OCH3 is 1. The highest BCUT2D eigenvalue weighted by Gasteiger charge is 2.29. The predicted molar refractivity (Wildman–Crippen MR) is 100 cm³/mol. The fraction of sp³-hybridized carbons (Fsp3) is 0.167. The predicted octanol–water partition coefficient (Wildman–Crippen LogP) is 2.26. The van der Waals surface area contributed by atoms with E-state index in [1.54, 1.807) is 24.3 Å². The van der Waals surface area contributed by atoms with Crippen molar-refractivity contribution in [2.24, 2.45) is 0 Å². The number of Topliss-reactive ketones (excluding diaryl/α,β-unsaturated/α-hetero) is 1. The van der Waals surface area contributed by atoms with Crippen LogP contribution in [-0.2, 0) is 0 Å². The van der Waals surface area contributed by atoms with Crippen LogP contribution in [-0.4, -0.2) is 35.8 Å². The second-order valence-corrected chi connectivity index (χ2v) is 5.88. The zero-order chi connectivity index (χ0) is 20.3. The molecule has 0 spiro atoms. The monoisotopic (exact) mass is 384 g/mol. The minimum absolute atomic E-state index is 0.00619. The molecule has 28 heavy (non-hydrogen) atoms. The van der Waals surface area contributed by atoms with Crippen molar-refractivity contribution < 1.29 is 19.4 Å². The molecule has 10 nitrogen and oxygen atoms in total. The van der Waals surface area contributed by atoms with E-state index in [2.05, 4.69) is 10.6 Å². The van der Waals surface area contributed by atoms with Crippen molar-refractivity contribution in [3.63, 3.8) is 0 Å². The highest BCUT2D eigenvalue weighted by Crippen LogP contribution is 2.33. The van der Waals surface area contributed by atoms with E-state index in [1.165, 1.54) is 13.2 Å². The molecule has 1 aliphatic rings.